The molecule has 12 heteroatoms. The lowest BCUT2D eigenvalue weighted by Gasteiger charge is -2.37. The van der Waals surface area contributed by atoms with Crippen LogP contribution >= 0.6 is 0 Å². The van der Waals surface area contributed by atoms with E-state index in [0.717, 1.165) is 39.4 Å². The predicted molar refractivity (Wildman–Crippen MR) is 274 cm³/mol. The molecule has 0 aliphatic rings. The van der Waals surface area contributed by atoms with Crippen LogP contribution < -0.4 is 27.0 Å². The molecule has 0 bridgehead atoms. The molecule has 3 atom stereocenters. The smallest absolute Gasteiger partial charge is 0.328 e. The van der Waals surface area contributed by atoms with Crippen LogP contribution in [-0.4, -0.2) is 62.4 Å². The van der Waals surface area contributed by atoms with Crippen LogP contribution in [0.5, 0.6) is 0 Å². The summed E-state index contributed by atoms with van der Waals surface area (Å²) < 4.78 is 5.70. The van der Waals surface area contributed by atoms with E-state index >= 15 is 0 Å². The Labute approximate surface area is 407 Å². The van der Waals surface area contributed by atoms with Gasteiger partial charge in [0.05, 0.1) is 25.5 Å². The van der Waals surface area contributed by atoms with Crippen molar-refractivity contribution in [3.8, 4) is 0 Å². The molecule has 0 radical (unpaired) electrons. The lowest BCUT2D eigenvalue weighted by Crippen LogP contribution is -2.57. The molecule has 0 aromatic heterocycles. The van der Waals surface area contributed by atoms with Crippen LogP contribution in [0.1, 0.15) is 66.5 Å². The Balaban J connectivity index is 1.32. The molecule has 0 aliphatic heterocycles. The largest absolute Gasteiger partial charge is 0.464 e. The molecule has 0 fully saturated rings. The van der Waals surface area contributed by atoms with Crippen LogP contribution in [0.25, 0.3) is 0 Å². The molecule has 0 heterocycles. The van der Waals surface area contributed by atoms with Gasteiger partial charge in [-0.3, -0.25) is 19.2 Å². The molecule has 69 heavy (non-hydrogen) atoms. The predicted octanol–water partition coefficient (Wildman–Crippen LogP) is 8.21. The van der Waals surface area contributed by atoms with E-state index in [1.807, 2.05) is 196 Å². The standard InChI is InChI=1S/C57H65N5O6Si/c1-41(2)38-50(55(67)68-36-37-69(3,4)5)60-54(66)49(40-52(64)62-57(45-30-18-9-19-31-45,46-32-20-10-21-33-46)47-34-22-11-23-35-47)59-53(65)48(58)39-51(63)61-56(42-24-12-6-13-25-42,43-26-14-7-15-27-43)44-28-16-8-17-29-44/h6-35,41,48-50H,36-40,58H2,1-5H3,(H,59,65)(H,60,66)(H,61,63)(H,62,64)/t48-,49+,50+/m0/s1. The van der Waals surface area contributed by atoms with Crippen LogP contribution in [0.2, 0.25) is 25.7 Å². The fraction of sp³-hybridized carbons (Fsp3) is 0.281. The molecule has 4 amide bonds. The van der Waals surface area contributed by atoms with E-state index in [1.165, 1.54) is 0 Å². The van der Waals surface area contributed by atoms with Gasteiger partial charge in [-0.2, -0.15) is 0 Å². The highest BCUT2D eigenvalue weighted by molar-refractivity contribution is 6.76. The van der Waals surface area contributed by atoms with Gasteiger partial charge < -0.3 is 31.7 Å². The summed E-state index contributed by atoms with van der Waals surface area (Å²) >= 11 is 0. The highest BCUT2D eigenvalue weighted by atomic mass is 28.3. The molecule has 0 unspecified atom stereocenters. The van der Waals surface area contributed by atoms with Crippen molar-refractivity contribution in [2.75, 3.05) is 6.61 Å². The maximum absolute atomic E-state index is 14.8. The highest BCUT2D eigenvalue weighted by Gasteiger charge is 2.41. The normalized spacial score (nSPS) is 13.0. The minimum absolute atomic E-state index is 0.0267. The monoisotopic (exact) mass is 943 g/mol. The van der Waals surface area contributed by atoms with E-state index in [2.05, 4.69) is 40.9 Å². The Morgan fingerprint density at radius 2 is 0.812 bits per heavy atom. The van der Waals surface area contributed by atoms with Crippen LogP contribution in [-0.2, 0) is 39.8 Å². The Kier molecular flexibility index (Phi) is 17.6. The first-order valence-corrected chi connectivity index (χ1v) is 27.3. The molecule has 6 aromatic carbocycles. The van der Waals surface area contributed by atoms with Crippen LogP contribution in [0.15, 0.2) is 182 Å². The average Bonchev–Trinajstić information content (AvgIpc) is 3.35. The second kappa shape index (κ2) is 23.7. The number of ether oxygens (including phenoxy) is 1. The van der Waals surface area contributed by atoms with Gasteiger partial charge in [0.1, 0.15) is 23.2 Å². The Hall–Kier alpha value is -7.15. The second-order valence-corrected chi connectivity index (χ2v) is 24.7. The fourth-order valence-electron chi connectivity index (χ4n) is 8.56. The first kappa shape index (κ1) is 51.2. The van der Waals surface area contributed by atoms with Crippen molar-refractivity contribution in [3.05, 3.63) is 215 Å². The van der Waals surface area contributed by atoms with Crippen LogP contribution in [0, 0.1) is 5.92 Å². The number of esters is 1. The van der Waals surface area contributed by atoms with E-state index in [4.69, 9.17) is 10.5 Å². The lowest BCUT2D eigenvalue weighted by atomic mass is 9.77. The van der Waals surface area contributed by atoms with Gasteiger partial charge in [-0.05, 0) is 51.8 Å². The lowest BCUT2D eigenvalue weighted by molar-refractivity contribution is -0.148. The van der Waals surface area contributed by atoms with Gasteiger partial charge in [-0.15, -0.1) is 0 Å². The Bertz CT molecular complexity index is 2400. The number of amides is 4. The summed E-state index contributed by atoms with van der Waals surface area (Å²) in [6.07, 6.45) is -0.780. The minimum Gasteiger partial charge on any atom is -0.464 e. The van der Waals surface area contributed by atoms with Crippen molar-refractivity contribution in [1.29, 1.82) is 0 Å². The molecule has 6 rings (SSSR count). The molecule has 0 aliphatic carbocycles. The summed E-state index contributed by atoms with van der Waals surface area (Å²) in [4.78, 5) is 71.7. The SMILES string of the molecule is CC(C)C[C@@H](NC(=O)[C@@H](CC(=O)NC(c1ccccc1)(c1ccccc1)c1ccccc1)NC(=O)[C@@H](N)CC(=O)NC(c1ccccc1)(c1ccccc1)c1ccccc1)C(=O)OCC[Si](C)(C)C. The molecular weight excluding hydrogens is 879 g/mol. The first-order valence-electron chi connectivity index (χ1n) is 23.6. The topological polar surface area (TPSA) is 169 Å². The Morgan fingerprint density at radius 1 is 0.493 bits per heavy atom. The van der Waals surface area contributed by atoms with Gasteiger partial charge in [0.25, 0.3) is 0 Å². The summed E-state index contributed by atoms with van der Waals surface area (Å²) in [5.41, 5.74) is 8.79. The number of nitrogens with one attached hydrogen (secondary N) is 4. The summed E-state index contributed by atoms with van der Waals surface area (Å²) in [5.74, 6) is -3.39. The highest BCUT2D eigenvalue weighted by Crippen LogP contribution is 2.38. The summed E-state index contributed by atoms with van der Waals surface area (Å²) in [7, 11) is -1.56. The third-order valence-corrected chi connectivity index (χ3v) is 13.8. The molecule has 0 spiro atoms. The van der Waals surface area contributed by atoms with E-state index in [9.17, 15) is 24.0 Å². The fourth-order valence-corrected chi connectivity index (χ4v) is 9.28. The molecule has 6 N–H and O–H groups in total. The summed E-state index contributed by atoms with van der Waals surface area (Å²) in [5, 5.41) is 12.0. The maximum atomic E-state index is 14.8. The minimum atomic E-state index is -1.56. The number of nitrogens with two attached hydrogens (primary N) is 1. The van der Waals surface area contributed by atoms with Gasteiger partial charge >= 0.3 is 5.97 Å². The third-order valence-electron chi connectivity index (χ3n) is 12.1. The van der Waals surface area contributed by atoms with E-state index in [0.29, 0.717) is 0 Å². The molecular formula is C57H65N5O6Si. The second-order valence-electron chi connectivity index (χ2n) is 19.0. The zero-order chi connectivity index (χ0) is 49.4. The number of hydrogen-bond acceptors (Lipinski definition) is 7. The molecule has 358 valence electrons. The number of hydrogen-bond donors (Lipinski definition) is 5. The van der Waals surface area contributed by atoms with E-state index < -0.39 is 79.7 Å². The first-order chi connectivity index (χ1) is 33.1. The van der Waals surface area contributed by atoms with Crippen LogP contribution in [0.3, 0.4) is 0 Å². The van der Waals surface area contributed by atoms with Gasteiger partial charge in [0.2, 0.25) is 23.6 Å². The number of carbonyl (C=O) groups is 5. The number of benzene rings is 6. The molecule has 6 aromatic rings. The van der Waals surface area contributed by atoms with E-state index in [-0.39, 0.29) is 18.9 Å². The molecule has 11 nitrogen and oxygen atoms in total. The van der Waals surface area contributed by atoms with Crippen LogP contribution in [0.4, 0.5) is 0 Å². The van der Waals surface area contributed by atoms with Crippen molar-refractivity contribution in [1.82, 2.24) is 21.3 Å². The van der Waals surface area contributed by atoms with Gasteiger partial charge in [0, 0.05) is 8.07 Å². The van der Waals surface area contributed by atoms with Crippen molar-refractivity contribution < 1.29 is 28.7 Å². The van der Waals surface area contributed by atoms with Gasteiger partial charge in [-0.25, -0.2) is 4.79 Å². The quantitative estimate of drug-likeness (QED) is 0.0260. The number of carbonyl (C=O) groups excluding carboxylic acids is 5. The average molecular weight is 944 g/mol. The molecule has 0 saturated carbocycles. The zero-order valence-corrected chi connectivity index (χ0v) is 41.2. The van der Waals surface area contributed by atoms with Crippen molar-refractivity contribution in [2.45, 2.75) is 88.0 Å². The van der Waals surface area contributed by atoms with E-state index in [1.54, 1.807) is 0 Å². The third kappa shape index (κ3) is 13.3. The summed E-state index contributed by atoms with van der Waals surface area (Å²) in [6.45, 7) is 10.6. The van der Waals surface area contributed by atoms with Crippen molar-refractivity contribution >= 4 is 37.7 Å². The summed E-state index contributed by atoms with van der Waals surface area (Å²) in [6, 6.07) is 53.8. The maximum Gasteiger partial charge on any atom is 0.328 e. The van der Waals surface area contributed by atoms with Gasteiger partial charge in [-0.1, -0.05) is 215 Å². The van der Waals surface area contributed by atoms with Crippen molar-refractivity contribution in [2.24, 2.45) is 11.7 Å². The zero-order valence-electron chi connectivity index (χ0n) is 40.2. The Morgan fingerprint density at radius 3 is 1.13 bits per heavy atom. The number of rotatable bonds is 22. The molecule has 0 saturated heterocycles. The van der Waals surface area contributed by atoms with Crippen molar-refractivity contribution in [3.63, 3.8) is 0 Å². The van der Waals surface area contributed by atoms with Gasteiger partial charge in [0.15, 0.2) is 0 Å².